The number of hydrogen-bond donors (Lipinski definition) is 11. The van der Waals surface area contributed by atoms with Crippen molar-refractivity contribution in [2.45, 2.75) is 147 Å². The average Bonchev–Trinajstić information content (AvgIpc) is 3.31. The zero-order chi connectivity index (χ0) is 51.2. The van der Waals surface area contributed by atoms with Crippen LogP contribution in [0.25, 0.3) is 11.1 Å². The standard InChI is InChI=1S/C48H73N9O12/c1-5-6-7-8-9-10-11-12-13-14-15-16-17-18-39(62)56(3)35(28-58)46(67)55-42(49)48(69)52-27-40(63)57(4)41-31-20-22-37(60)33(25-31)32-23-30(19-21-36(32)59)24-34(45(66)51-26-38(61)43(50)64)54-44(65)29(2)53-47(41)68/h19-23,25,29,34-35,38,41-42,58-61H,5-18,24,26-28,49H2,1-4H3,(H2,50,64)(H,51,66)(H,52,69)(H,53,68)(H,54,65)(H,55,67)/t29-,34?,35?,38?,41-,42-/m0/s1. The van der Waals surface area contributed by atoms with E-state index in [1.807, 2.05) is 0 Å². The molecule has 3 unspecified atom stereocenters. The predicted molar refractivity (Wildman–Crippen MR) is 255 cm³/mol. The number of aliphatic hydroxyl groups is 2. The van der Waals surface area contributed by atoms with E-state index < -0.39 is 97.5 Å². The van der Waals surface area contributed by atoms with Gasteiger partial charge in [0.1, 0.15) is 41.8 Å². The van der Waals surface area contributed by atoms with E-state index >= 15 is 0 Å². The second kappa shape index (κ2) is 28.9. The number of primary amides is 1. The van der Waals surface area contributed by atoms with Crippen molar-refractivity contribution in [2.24, 2.45) is 11.5 Å². The third-order valence-corrected chi connectivity index (χ3v) is 12.2. The van der Waals surface area contributed by atoms with Gasteiger partial charge in [0.2, 0.25) is 41.4 Å². The van der Waals surface area contributed by atoms with Crippen molar-refractivity contribution in [1.82, 2.24) is 36.4 Å². The number of amides is 8. The molecule has 21 heteroatoms. The van der Waals surface area contributed by atoms with Crippen molar-refractivity contribution >= 4 is 47.3 Å². The van der Waals surface area contributed by atoms with E-state index in [0.29, 0.717) is 12.0 Å². The van der Waals surface area contributed by atoms with Gasteiger partial charge in [-0.3, -0.25) is 38.4 Å². The minimum atomic E-state index is -1.73. The molecule has 1 heterocycles. The molecule has 3 rings (SSSR count). The van der Waals surface area contributed by atoms with Crippen LogP contribution in [0.1, 0.15) is 121 Å². The average molecular weight is 968 g/mol. The summed E-state index contributed by atoms with van der Waals surface area (Å²) in [5, 5.41) is 53.7. The van der Waals surface area contributed by atoms with Crippen LogP contribution < -0.4 is 38.1 Å². The maximum absolute atomic E-state index is 14.1. The second-order valence-corrected chi connectivity index (χ2v) is 17.6. The molecule has 0 aromatic heterocycles. The summed E-state index contributed by atoms with van der Waals surface area (Å²) >= 11 is 0. The highest BCUT2D eigenvalue weighted by molar-refractivity contribution is 5.97. The summed E-state index contributed by atoms with van der Waals surface area (Å²) in [5.74, 6) is -7.48. The molecule has 1 aliphatic heterocycles. The molecule has 69 heavy (non-hydrogen) atoms. The highest BCUT2D eigenvalue weighted by Crippen LogP contribution is 2.38. The number of phenolic OH excluding ortho intramolecular Hbond substituents is 2. The monoisotopic (exact) mass is 968 g/mol. The first-order valence-electron chi connectivity index (χ1n) is 23.8. The largest absolute Gasteiger partial charge is 0.507 e. The number of benzene rings is 2. The number of hydrogen-bond acceptors (Lipinski definition) is 13. The zero-order valence-electron chi connectivity index (χ0n) is 40.3. The SMILES string of the molecule is CCCCCCCCCCCCCCCC(=O)N(C)C(CO)C(=O)N[C@H](N)C(=O)NCC(=O)N(C)[C@@H]1C(=O)N[C@@H](C)C(=O)NC(C(=O)NCC(O)C(N)=O)Cc2ccc(O)c(c2)-c2cc1ccc2O. The summed E-state index contributed by atoms with van der Waals surface area (Å²) in [7, 11) is 2.60. The fourth-order valence-corrected chi connectivity index (χ4v) is 7.82. The molecule has 0 radical (unpaired) electrons. The summed E-state index contributed by atoms with van der Waals surface area (Å²) in [5.41, 5.74) is 11.6. The lowest BCUT2D eigenvalue weighted by Gasteiger charge is -2.30. The summed E-state index contributed by atoms with van der Waals surface area (Å²) in [4.78, 5) is 107. The smallest absolute Gasteiger partial charge is 0.257 e. The normalized spacial score (nSPS) is 17.2. The fourth-order valence-electron chi connectivity index (χ4n) is 7.82. The molecular formula is C48H73N9O12. The highest BCUT2D eigenvalue weighted by atomic mass is 16.3. The third kappa shape index (κ3) is 17.9. The number of carbonyl (C=O) groups is 8. The fraction of sp³-hybridized carbons (Fsp3) is 0.583. The van der Waals surface area contributed by atoms with E-state index in [-0.39, 0.29) is 46.9 Å². The minimum Gasteiger partial charge on any atom is -0.507 e. The molecule has 0 saturated carbocycles. The Hall–Kier alpha value is -6.32. The third-order valence-electron chi connectivity index (χ3n) is 12.2. The summed E-state index contributed by atoms with van der Waals surface area (Å²) in [6.45, 7) is 1.45. The second-order valence-electron chi connectivity index (χ2n) is 17.6. The van der Waals surface area contributed by atoms with Gasteiger partial charge in [-0.25, -0.2) is 0 Å². The lowest BCUT2D eigenvalue weighted by molar-refractivity contribution is -0.142. The number of fused-ring (bicyclic) bond motifs is 5. The van der Waals surface area contributed by atoms with E-state index in [1.54, 1.807) is 0 Å². The Bertz CT molecular complexity index is 2090. The van der Waals surface area contributed by atoms with E-state index in [1.165, 1.54) is 109 Å². The summed E-state index contributed by atoms with van der Waals surface area (Å²) in [6, 6.07) is 2.53. The maximum Gasteiger partial charge on any atom is 0.257 e. The van der Waals surface area contributed by atoms with Crippen LogP contribution in [0.4, 0.5) is 0 Å². The van der Waals surface area contributed by atoms with Crippen LogP contribution >= 0.6 is 0 Å². The van der Waals surface area contributed by atoms with E-state index in [4.69, 9.17) is 11.5 Å². The van der Waals surface area contributed by atoms with Crippen molar-refractivity contribution in [3.8, 4) is 22.6 Å². The van der Waals surface area contributed by atoms with Gasteiger partial charge in [0.15, 0.2) is 6.17 Å². The predicted octanol–water partition coefficient (Wildman–Crippen LogP) is 0.590. The molecule has 8 amide bonds. The Morgan fingerprint density at radius 2 is 1.33 bits per heavy atom. The van der Waals surface area contributed by atoms with E-state index in [0.717, 1.165) is 35.5 Å². The van der Waals surface area contributed by atoms with Crippen molar-refractivity contribution in [2.75, 3.05) is 33.8 Å². The quantitative estimate of drug-likeness (QED) is 0.0455. The van der Waals surface area contributed by atoms with Gasteiger partial charge < -0.3 is 68.3 Å². The maximum atomic E-state index is 14.1. The molecule has 0 fully saturated rings. The number of phenols is 2. The van der Waals surface area contributed by atoms with E-state index in [9.17, 15) is 58.8 Å². The van der Waals surface area contributed by atoms with Crippen LogP contribution in [0.2, 0.25) is 0 Å². The molecule has 6 atom stereocenters. The van der Waals surface area contributed by atoms with E-state index in [2.05, 4.69) is 33.5 Å². The Balaban J connectivity index is 1.65. The number of nitrogens with zero attached hydrogens (tertiary/aromatic N) is 2. The molecular weight excluding hydrogens is 895 g/mol. The zero-order valence-corrected chi connectivity index (χ0v) is 40.3. The molecule has 0 saturated heterocycles. The van der Waals surface area contributed by atoms with Crippen LogP contribution in [0.3, 0.4) is 0 Å². The molecule has 2 aromatic rings. The van der Waals surface area contributed by atoms with Crippen molar-refractivity contribution in [3.05, 3.63) is 47.5 Å². The molecule has 0 aliphatic carbocycles. The first-order chi connectivity index (χ1) is 32.8. The number of nitrogens with two attached hydrogens (primary N) is 2. The molecule has 13 N–H and O–H groups in total. The van der Waals surface area contributed by atoms with Crippen LogP contribution in [-0.2, 0) is 44.8 Å². The first-order valence-corrected chi connectivity index (χ1v) is 23.8. The lowest BCUT2D eigenvalue weighted by atomic mass is 9.93. The van der Waals surface area contributed by atoms with Crippen molar-refractivity contribution in [1.29, 1.82) is 0 Å². The van der Waals surface area contributed by atoms with Gasteiger partial charge in [-0.2, -0.15) is 0 Å². The number of aromatic hydroxyl groups is 2. The number of aliphatic hydroxyl groups excluding tert-OH is 2. The Kier molecular flexibility index (Phi) is 23.9. The Morgan fingerprint density at radius 3 is 1.91 bits per heavy atom. The number of rotatable bonds is 26. The van der Waals surface area contributed by atoms with Crippen molar-refractivity contribution in [3.63, 3.8) is 0 Å². The Morgan fingerprint density at radius 1 is 0.768 bits per heavy atom. The highest BCUT2D eigenvalue weighted by Gasteiger charge is 2.34. The van der Waals surface area contributed by atoms with Crippen molar-refractivity contribution < 1.29 is 58.8 Å². The molecule has 0 spiro atoms. The number of likely N-dealkylation sites (N-methyl/N-ethyl adjacent to an activating group) is 2. The van der Waals surface area contributed by atoms with Gasteiger partial charge in [0, 0.05) is 38.1 Å². The summed E-state index contributed by atoms with van der Waals surface area (Å²) < 4.78 is 0. The van der Waals surface area contributed by atoms with Gasteiger partial charge in [0.05, 0.1) is 19.7 Å². The lowest BCUT2D eigenvalue weighted by Crippen LogP contribution is -2.59. The number of nitrogens with one attached hydrogen (secondary N) is 5. The summed E-state index contributed by atoms with van der Waals surface area (Å²) in [6.07, 6.45) is 11.4. The topological polar surface area (TPSA) is 336 Å². The molecule has 21 nitrogen and oxygen atoms in total. The first kappa shape index (κ1) is 57.0. The minimum absolute atomic E-state index is 0.0216. The molecule has 1 aliphatic rings. The van der Waals surface area contributed by atoms with Gasteiger partial charge >= 0.3 is 0 Å². The van der Waals surface area contributed by atoms with Gasteiger partial charge in [-0.1, -0.05) is 96.1 Å². The molecule has 4 bridgehead atoms. The molecule has 2 aromatic carbocycles. The van der Waals surface area contributed by atoms with Crippen LogP contribution in [0, 0.1) is 0 Å². The molecule has 382 valence electrons. The van der Waals surface area contributed by atoms with Gasteiger partial charge in [-0.05, 0) is 48.7 Å². The number of unbranched alkanes of at least 4 members (excludes halogenated alkanes) is 12. The van der Waals surface area contributed by atoms with Gasteiger partial charge in [-0.15, -0.1) is 0 Å². The van der Waals surface area contributed by atoms with Crippen LogP contribution in [0.5, 0.6) is 11.5 Å². The van der Waals surface area contributed by atoms with Crippen LogP contribution in [-0.4, -0.2) is 142 Å². The van der Waals surface area contributed by atoms with Gasteiger partial charge in [0.25, 0.3) is 5.91 Å². The Labute approximate surface area is 403 Å². The number of carbonyl (C=O) groups excluding carboxylic acids is 8. The van der Waals surface area contributed by atoms with Crippen LogP contribution in [0.15, 0.2) is 36.4 Å².